The molecule has 1 aromatic heterocycles. The average molecular weight is 610 g/mol. The molecule has 12 heteroatoms. The quantitative estimate of drug-likeness (QED) is 0.479. The van der Waals surface area contributed by atoms with Crippen LogP contribution in [0.25, 0.3) is 11.0 Å². The van der Waals surface area contributed by atoms with Gasteiger partial charge in [0.1, 0.15) is 11.6 Å². The number of hydrogen-bond donors (Lipinski definition) is 2. The molecule has 1 saturated carbocycles. The lowest BCUT2D eigenvalue weighted by atomic mass is 9.85. The zero-order valence-corrected chi connectivity index (χ0v) is 26.5. The number of imide groups is 1. The number of piperazine rings is 1. The first kappa shape index (κ1) is 30.6. The summed E-state index contributed by atoms with van der Waals surface area (Å²) in [4.78, 5) is 57.3. The molecule has 3 amide bonds. The summed E-state index contributed by atoms with van der Waals surface area (Å²) in [7, 11) is 1.77. The highest BCUT2D eigenvalue weighted by Gasteiger charge is 2.37. The number of ether oxygens (including phenoxy) is 1. The van der Waals surface area contributed by atoms with E-state index < -0.39 is 17.6 Å². The van der Waals surface area contributed by atoms with Crippen LogP contribution in [0.15, 0.2) is 23.0 Å². The van der Waals surface area contributed by atoms with E-state index in [1.54, 1.807) is 16.2 Å². The number of amides is 3. The second-order valence-electron chi connectivity index (χ2n) is 14.1. The molecule has 4 heterocycles. The van der Waals surface area contributed by atoms with Crippen molar-refractivity contribution in [1.82, 2.24) is 29.6 Å². The van der Waals surface area contributed by atoms with Crippen molar-refractivity contribution >= 4 is 34.6 Å². The highest BCUT2D eigenvalue weighted by molar-refractivity contribution is 6.00. The van der Waals surface area contributed by atoms with E-state index in [1.165, 1.54) is 0 Å². The number of aromatic nitrogens is 2. The van der Waals surface area contributed by atoms with Crippen molar-refractivity contribution < 1.29 is 19.1 Å². The summed E-state index contributed by atoms with van der Waals surface area (Å²) in [6.07, 6.45) is 4.43. The Morgan fingerprint density at radius 3 is 2.36 bits per heavy atom. The molecule has 1 aromatic carbocycles. The first-order valence-corrected chi connectivity index (χ1v) is 16.2. The second kappa shape index (κ2) is 12.2. The lowest BCUT2D eigenvalue weighted by molar-refractivity contribution is -0.135. The lowest BCUT2D eigenvalue weighted by Crippen LogP contribution is -2.59. The minimum atomic E-state index is -0.676. The van der Waals surface area contributed by atoms with Gasteiger partial charge in [-0.1, -0.05) is 6.07 Å². The van der Waals surface area contributed by atoms with E-state index in [9.17, 15) is 19.2 Å². The summed E-state index contributed by atoms with van der Waals surface area (Å²) in [5.74, 6) is -0.0545. The first-order chi connectivity index (χ1) is 21.0. The van der Waals surface area contributed by atoms with E-state index in [0.29, 0.717) is 18.4 Å². The number of benzene rings is 1. The predicted molar refractivity (Wildman–Crippen MR) is 168 cm³/mol. The number of anilines is 1. The van der Waals surface area contributed by atoms with Crippen LogP contribution in [-0.2, 0) is 21.4 Å². The number of nitrogens with zero attached hydrogens (tertiary/aromatic N) is 5. The normalized spacial score (nSPS) is 26.0. The molecule has 0 radical (unpaired) electrons. The lowest BCUT2D eigenvalue weighted by Gasteiger charge is -2.47. The Morgan fingerprint density at radius 1 is 1.00 bits per heavy atom. The molecule has 1 unspecified atom stereocenters. The summed E-state index contributed by atoms with van der Waals surface area (Å²) < 4.78 is 8.61. The SMILES string of the molecule is Cn1c(=O)n(C2CCC(=O)NC2=O)c2cccc(N3CCC(CN4CCN(C5CC(NC(=O)OC(C)(C)C)C5)CC4)CC3)c21. The fraction of sp³-hybridized carbons (Fsp3) is 0.688. The van der Waals surface area contributed by atoms with E-state index >= 15 is 0 Å². The molecule has 0 bridgehead atoms. The highest BCUT2D eigenvalue weighted by Crippen LogP contribution is 2.33. The van der Waals surface area contributed by atoms with Crippen molar-refractivity contribution in [3.63, 3.8) is 0 Å². The molecule has 2 aromatic rings. The van der Waals surface area contributed by atoms with Gasteiger partial charge in [-0.2, -0.15) is 0 Å². The van der Waals surface area contributed by atoms with Crippen LogP contribution >= 0.6 is 0 Å². The Morgan fingerprint density at radius 2 is 1.70 bits per heavy atom. The molecule has 1 aliphatic carbocycles. The minimum Gasteiger partial charge on any atom is -0.444 e. The molecule has 12 nitrogen and oxygen atoms in total. The molecule has 2 N–H and O–H groups in total. The molecule has 1 atom stereocenters. The van der Waals surface area contributed by atoms with Crippen molar-refractivity contribution in [3.8, 4) is 0 Å². The van der Waals surface area contributed by atoms with Gasteiger partial charge < -0.3 is 19.9 Å². The summed E-state index contributed by atoms with van der Waals surface area (Å²) in [6, 6.07) is 6.02. The molecule has 6 rings (SSSR count). The number of piperidine rings is 2. The topological polar surface area (TPSA) is 121 Å². The predicted octanol–water partition coefficient (Wildman–Crippen LogP) is 2.21. The molecular formula is C32H47N7O5. The standard InChI is InChI=1S/C32H47N7O5/c1-32(2,3)44-30(42)33-22-18-23(19-22)37-16-14-36(15-17-37)20-21-10-12-38(13-11-21)24-6-5-7-25-28(24)35(4)31(43)39(25)26-8-9-27(40)34-29(26)41/h5-7,21-23,26H,8-20H2,1-4H3,(H,33,42)(H,34,40,41). The average Bonchev–Trinajstić information content (AvgIpc) is 3.20. The van der Waals surface area contributed by atoms with Crippen LogP contribution in [0.3, 0.4) is 0 Å². The summed E-state index contributed by atoms with van der Waals surface area (Å²) in [5, 5.41) is 5.40. The molecule has 240 valence electrons. The number of alkyl carbamates (subject to hydrolysis) is 1. The molecule has 3 aliphatic heterocycles. The van der Waals surface area contributed by atoms with Gasteiger partial charge in [-0.05, 0) is 70.9 Å². The Balaban J connectivity index is 0.990. The van der Waals surface area contributed by atoms with Crippen LogP contribution in [0, 0.1) is 5.92 Å². The zero-order valence-electron chi connectivity index (χ0n) is 26.5. The third kappa shape index (κ3) is 6.37. The summed E-state index contributed by atoms with van der Waals surface area (Å²) in [5.41, 5.74) is 1.91. The Kier molecular flexibility index (Phi) is 8.49. The third-order valence-electron chi connectivity index (χ3n) is 9.83. The van der Waals surface area contributed by atoms with Gasteiger partial charge >= 0.3 is 11.8 Å². The van der Waals surface area contributed by atoms with Gasteiger partial charge in [-0.15, -0.1) is 0 Å². The molecule has 4 fully saturated rings. The van der Waals surface area contributed by atoms with Crippen molar-refractivity contribution in [3.05, 3.63) is 28.7 Å². The van der Waals surface area contributed by atoms with Crippen LogP contribution in [-0.4, -0.2) is 100 Å². The number of nitrogens with one attached hydrogen (secondary N) is 2. The molecule has 4 aliphatic rings. The fourth-order valence-electron chi connectivity index (χ4n) is 7.41. The van der Waals surface area contributed by atoms with Crippen LogP contribution in [0.4, 0.5) is 10.5 Å². The Labute approximate surface area is 258 Å². The summed E-state index contributed by atoms with van der Waals surface area (Å²) in [6.45, 7) is 12.9. The van der Waals surface area contributed by atoms with Gasteiger partial charge in [0, 0.05) is 71.4 Å². The van der Waals surface area contributed by atoms with Crippen LogP contribution in [0.1, 0.15) is 65.3 Å². The van der Waals surface area contributed by atoms with E-state index in [1.807, 2.05) is 32.9 Å². The highest BCUT2D eigenvalue weighted by atomic mass is 16.6. The number of fused-ring (bicyclic) bond motifs is 1. The van der Waals surface area contributed by atoms with Gasteiger partial charge in [0.05, 0.1) is 16.7 Å². The number of aryl methyl sites for hydroxylation is 1. The monoisotopic (exact) mass is 609 g/mol. The third-order valence-corrected chi connectivity index (χ3v) is 9.83. The zero-order chi connectivity index (χ0) is 31.2. The Hall–Kier alpha value is -3.38. The second-order valence-corrected chi connectivity index (χ2v) is 14.1. The molecule has 3 saturated heterocycles. The fourth-order valence-corrected chi connectivity index (χ4v) is 7.41. The van der Waals surface area contributed by atoms with E-state index in [-0.39, 0.29) is 30.2 Å². The Bertz CT molecular complexity index is 1450. The van der Waals surface area contributed by atoms with Gasteiger partial charge in [0.15, 0.2) is 0 Å². The molecule has 44 heavy (non-hydrogen) atoms. The maximum absolute atomic E-state index is 13.3. The van der Waals surface area contributed by atoms with Gasteiger partial charge in [0.2, 0.25) is 11.8 Å². The van der Waals surface area contributed by atoms with Crippen LogP contribution in [0.5, 0.6) is 0 Å². The smallest absolute Gasteiger partial charge is 0.407 e. The van der Waals surface area contributed by atoms with E-state index in [0.717, 1.165) is 88.2 Å². The van der Waals surface area contributed by atoms with E-state index in [4.69, 9.17) is 4.74 Å². The van der Waals surface area contributed by atoms with Gasteiger partial charge in [0.25, 0.3) is 0 Å². The number of hydrogen-bond acceptors (Lipinski definition) is 8. The van der Waals surface area contributed by atoms with Crippen molar-refractivity contribution in [2.75, 3.05) is 50.7 Å². The maximum Gasteiger partial charge on any atom is 0.407 e. The van der Waals surface area contributed by atoms with Gasteiger partial charge in [-0.3, -0.25) is 28.9 Å². The minimum absolute atomic E-state index is 0.210. The largest absolute Gasteiger partial charge is 0.444 e. The number of imidazole rings is 1. The van der Waals surface area contributed by atoms with Gasteiger partial charge in [-0.25, -0.2) is 9.59 Å². The number of carbonyl (C=O) groups excluding carboxylic acids is 3. The maximum atomic E-state index is 13.3. The summed E-state index contributed by atoms with van der Waals surface area (Å²) >= 11 is 0. The molecule has 0 spiro atoms. The van der Waals surface area contributed by atoms with Crippen LogP contribution < -0.4 is 21.2 Å². The number of carbonyl (C=O) groups is 3. The van der Waals surface area contributed by atoms with Crippen molar-refractivity contribution in [1.29, 1.82) is 0 Å². The number of para-hydroxylation sites is 1. The molecular weight excluding hydrogens is 562 g/mol. The van der Waals surface area contributed by atoms with Crippen LogP contribution in [0.2, 0.25) is 0 Å². The van der Waals surface area contributed by atoms with Crippen molar-refractivity contribution in [2.24, 2.45) is 13.0 Å². The first-order valence-electron chi connectivity index (χ1n) is 16.2. The number of rotatable bonds is 6. The van der Waals surface area contributed by atoms with E-state index in [2.05, 4.69) is 31.4 Å². The van der Waals surface area contributed by atoms with Crippen molar-refractivity contribution in [2.45, 2.75) is 83.0 Å².